The van der Waals surface area contributed by atoms with E-state index in [2.05, 4.69) is 48.2 Å². The number of ether oxygens (including phenoxy) is 1. The van der Waals surface area contributed by atoms with Crippen LogP contribution in [0.25, 0.3) is 0 Å². The molecular weight excluding hydrogens is 386 g/mol. The second-order valence-corrected chi connectivity index (χ2v) is 9.38. The topological polar surface area (TPSA) is 46.6 Å². The first-order chi connectivity index (χ1) is 15.1. The fraction of sp³-hybridized carbons (Fsp3) is 0.481. The second-order valence-electron chi connectivity index (χ2n) is 9.38. The molecule has 2 aromatic carbocycles. The van der Waals surface area contributed by atoms with Gasteiger partial charge >= 0.3 is 5.97 Å². The molecule has 0 spiro atoms. The average molecular weight is 418 g/mol. The number of esters is 1. The number of benzene rings is 2. The van der Waals surface area contributed by atoms with E-state index >= 15 is 0 Å². The van der Waals surface area contributed by atoms with Crippen molar-refractivity contribution in [1.29, 1.82) is 0 Å². The van der Waals surface area contributed by atoms with E-state index in [1.807, 2.05) is 13.0 Å². The van der Waals surface area contributed by atoms with Gasteiger partial charge < -0.3 is 9.64 Å². The Morgan fingerprint density at radius 2 is 1.81 bits per heavy atom. The molecule has 4 unspecified atom stereocenters. The first kappa shape index (κ1) is 20.3. The summed E-state index contributed by atoms with van der Waals surface area (Å²) in [5, 5.41) is 0. The third kappa shape index (κ3) is 3.46. The smallest absolute Gasteiger partial charge is 0.338 e. The quantitative estimate of drug-likeness (QED) is 0.626. The van der Waals surface area contributed by atoms with Crippen LogP contribution in [-0.4, -0.2) is 24.5 Å². The van der Waals surface area contributed by atoms with E-state index in [0.29, 0.717) is 24.0 Å². The minimum Gasteiger partial charge on any atom is -0.462 e. The van der Waals surface area contributed by atoms with Gasteiger partial charge in [-0.05, 0) is 80.3 Å². The lowest BCUT2D eigenvalue weighted by Gasteiger charge is -2.39. The first-order valence-electron chi connectivity index (χ1n) is 11.8. The highest BCUT2D eigenvalue weighted by Gasteiger charge is 2.53. The molecule has 4 atom stereocenters. The molecular formula is C27H31NO3. The van der Waals surface area contributed by atoms with Crippen molar-refractivity contribution in [3.63, 3.8) is 0 Å². The molecule has 162 valence electrons. The zero-order valence-corrected chi connectivity index (χ0v) is 18.5. The number of carbonyl (C=O) groups excluding carboxylic acids is 2. The highest BCUT2D eigenvalue weighted by molar-refractivity contribution is 5.99. The van der Waals surface area contributed by atoms with Crippen LogP contribution in [0, 0.1) is 18.8 Å². The highest BCUT2D eigenvalue weighted by atomic mass is 16.5. The minimum absolute atomic E-state index is 0.0374. The summed E-state index contributed by atoms with van der Waals surface area (Å²) < 4.78 is 5.25. The molecule has 1 heterocycles. The number of anilines is 1. The van der Waals surface area contributed by atoms with Crippen molar-refractivity contribution in [2.75, 3.05) is 11.5 Å². The van der Waals surface area contributed by atoms with E-state index in [0.717, 1.165) is 24.9 Å². The van der Waals surface area contributed by atoms with Crippen LogP contribution in [0.2, 0.25) is 0 Å². The Bertz CT molecular complexity index is 996. The Kier molecular flexibility index (Phi) is 5.33. The molecule has 2 aliphatic carbocycles. The van der Waals surface area contributed by atoms with Crippen molar-refractivity contribution in [2.24, 2.45) is 11.8 Å². The number of hydrogen-bond donors (Lipinski definition) is 0. The summed E-state index contributed by atoms with van der Waals surface area (Å²) in [6.07, 6.45) is 6.48. The molecule has 1 saturated carbocycles. The van der Waals surface area contributed by atoms with E-state index in [4.69, 9.17) is 4.74 Å². The molecule has 0 bridgehead atoms. The predicted molar refractivity (Wildman–Crippen MR) is 121 cm³/mol. The Balaban J connectivity index is 1.56. The summed E-state index contributed by atoms with van der Waals surface area (Å²) in [6, 6.07) is 14.6. The van der Waals surface area contributed by atoms with Gasteiger partial charge in [0.1, 0.15) is 0 Å². The van der Waals surface area contributed by atoms with E-state index in [9.17, 15) is 9.59 Å². The average Bonchev–Trinajstić information content (AvgIpc) is 3.02. The molecule has 1 saturated heterocycles. The van der Waals surface area contributed by atoms with Crippen LogP contribution in [0.3, 0.4) is 0 Å². The molecule has 4 nitrogen and oxygen atoms in total. The largest absolute Gasteiger partial charge is 0.462 e. The number of nitrogens with zero attached hydrogens (tertiary/aromatic N) is 1. The SMILES string of the molecule is CCOC(=O)c1ccc2c(c1)C1CCCCCC3C1C(C2)C(=O)N3c1ccc(C)cc1. The molecule has 31 heavy (non-hydrogen) atoms. The van der Waals surface area contributed by atoms with Crippen molar-refractivity contribution in [3.8, 4) is 0 Å². The monoisotopic (exact) mass is 417 g/mol. The number of hydrogen-bond acceptors (Lipinski definition) is 3. The fourth-order valence-corrected chi connectivity index (χ4v) is 6.22. The maximum absolute atomic E-state index is 13.7. The van der Waals surface area contributed by atoms with Gasteiger partial charge in [-0.15, -0.1) is 0 Å². The molecule has 0 aromatic heterocycles. The van der Waals surface area contributed by atoms with Crippen molar-refractivity contribution in [1.82, 2.24) is 0 Å². The van der Waals surface area contributed by atoms with Crippen LogP contribution in [0.1, 0.15) is 72.0 Å². The van der Waals surface area contributed by atoms with Gasteiger partial charge in [-0.25, -0.2) is 4.79 Å². The van der Waals surface area contributed by atoms with Crippen LogP contribution in [0.4, 0.5) is 5.69 Å². The van der Waals surface area contributed by atoms with E-state index < -0.39 is 0 Å². The van der Waals surface area contributed by atoms with Gasteiger partial charge in [-0.1, -0.05) is 43.0 Å². The van der Waals surface area contributed by atoms with Crippen molar-refractivity contribution in [3.05, 3.63) is 64.7 Å². The van der Waals surface area contributed by atoms with E-state index in [1.54, 1.807) is 0 Å². The van der Waals surface area contributed by atoms with E-state index in [1.165, 1.54) is 36.0 Å². The van der Waals surface area contributed by atoms with Gasteiger partial charge in [0, 0.05) is 17.6 Å². The lowest BCUT2D eigenvalue weighted by molar-refractivity contribution is -0.121. The number of rotatable bonds is 3. The molecule has 5 rings (SSSR count). The summed E-state index contributed by atoms with van der Waals surface area (Å²) in [6.45, 7) is 4.30. The third-order valence-electron chi connectivity index (χ3n) is 7.58. The van der Waals surface area contributed by atoms with Crippen LogP contribution in [-0.2, 0) is 16.0 Å². The lowest BCUT2D eigenvalue weighted by Crippen LogP contribution is -2.38. The first-order valence-corrected chi connectivity index (χ1v) is 11.8. The Morgan fingerprint density at radius 3 is 2.58 bits per heavy atom. The Hall–Kier alpha value is -2.62. The molecule has 1 amide bonds. The Labute approximate surface area is 184 Å². The molecule has 1 aliphatic heterocycles. The van der Waals surface area contributed by atoms with Crippen LogP contribution >= 0.6 is 0 Å². The van der Waals surface area contributed by atoms with Crippen molar-refractivity contribution in [2.45, 2.75) is 64.3 Å². The highest BCUT2D eigenvalue weighted by Crippen LogP contribution is 2.52. The standard InChI is InChI=1S/C27H31NO3/c1-3-31-27(30)19-12-11-18-15-23-25-21(22(18)16-19)7-5-4-6-8-24(25)28(26(23)29)20-13-9-17(2)10-14-20/h9-14,16,21,23-25H,3-8,15H2,1-2H3. The number of aryl methyl sites for hydroxylation is 1. The van der Waals surface area contributed by atoms with Gasteiger partial charge in [-0.2, -0.15) is 0 Å². The third-order valence-corrected chi connectivity index (χ3v) is 7.58. The second kappa shape index (κ2) is 8.14. The molecule has 3 aliphatic rings. The normalized spacial score (nSPS) is 27.2. The fourth-order valence-electron chi connectivity index (χ4n) is 6.22. The van der Waals surface area contributed by atoms with Gasteiger partial charge in [0.15, 0.2) is 0 Å². The summed E-state index contributed by atoms with van der Waals surface area (Å²) in [7, 11) is 0. The maximum Gasteiger partial charge on any atom is 0.338 e. The van der Waals surface area contributed by atoms with Crippen LogP contribution < -0.4 is 4.90 Å². The number of amides is 1. The summed E-state index contributed by atoms with van der Waals surface area (Å²) in [5.41, 5.74) is 5.39. The van der Waals surface area contributed by atoms with Crippen LogP contribution in [0.5, 0.6) is 0 Å². The van der Waals surface area contributed by atoms with E-state index in [-0.39, 0.29) is 23.8 Å². The van der Waals surface area contributed by atoms with Gasteiger partial charge in [0.05, 0.1) is 12.2 Å². The van der Waals surface area contributed by atoms with Crippen LogP contribution in [0.15, 0.2) is 42.5 Å². The zero-order valence-electron chi connectivity index (χ0n) is 18.5. The lowest BCUT2D eigenvalue weighted by atomic mass is 9.64. The Morgan fingerprint density at radius 1 is 1.03 bits per heavy atom. The van der Waals surface area contributed by atoms with Gasteiger partial charge in [0.25, 0.3) is 0 Å². The van der Waals surface area contributed by atoms with Gasteiger partial charge in [-0.3, -0.25) is 4.79 Å². The summed E-state index contributed by atoms with van der Waals surface area (Å²) >= 11 is 0. The van der Waals surface area contributed by atoms with Crippen molar-refractivity contribution < 1.29 is 14.3 Å². The van der Waals surface area contributed by atoms with Crippen molar-refractivity contribution >= 4 is 17.6 Å². The summed E-state index contributed by atoms with van der Waals surface area (Å²) in [5.74, 6) is 0.715. The molecule has 0 radical (unpaired) electrons. The minimum atomic E-state index is -0.251. The molecule has 4 heteroatoms. The predicted octanol–water partition coefficient (Wildman–Crippen LogP) is 5.42. The van der Waals surface area contributed by atoms with Gasteiger partial charge in [0.2, 0.25) is 5.91 Å². The summed E-state index contributed by atoms with van der Waals surface area (Å²) in [4.78, 5) is 28.2. The molecule has 0 N–H and O–H groups in total. The molecule has 2 fully saturated rings. The zero-order chi connectivity index (χ0) is 21.5. The maximum atomic E-state index is 13.7. The molecule has 2 aromatic rings. The number of carbonyl (C=O) groups is 2. The number of fused-ring (bicyclic) bond motifs is 2.